The van der Waals surface area contributed by atoms with Crippen molar-refractivity contribution in [2.45, 2.75) is 38.2 Å². The average Bonchev–Trinajstić information content (AvgIpc) is 2.28. The molecule has 0 heterocycles. The second-order valence-corrected chi connectivity index (χ2v) is 3.63. The van der Waals surface area contributed by atoms with Crippen LogP contribution in [0.5, 0.6) is 0 Å². The third-order valence-corrected chi connectivity index (χ3v) is 2.71. The van der Waals surface area contributed by atoms with Gasteiger partial charge in [0.15, 0.2) is 0 Å². The van der Waals surface area contributed by atoms with Gasteiger partial charge in [-0.3, -0.25) is 0 Å². The van der Waals surface area contributed by atoms with Crippen molar-refractivity contribution >= 4 is 0 Å². The highest BCUT2D eigenvalue weighted by Crippen LogP contribution is 2.27. The summed E-state index contributed by atoms with van der Waals surface area (Å²) in [5.41, 5.74) is 0.796. The van der Waals surface area contributed by atoms with Gasteiger partial charge < -0.3 is 10.2 Å². The summed E-state index contributed by atoms with van der Waals surface area (Å²) < 4.78 is 0. The summed E-state index contributed by atoms with van der Waals surface area (Å²) in [5, 5.41) is 18.6. The molecule has 0 amide bonds. The lowest BCUT2D eigenvalue weighted by molar-refractivity contribution is 0.111. The Morgan fingerprint density at radius 3 is 2.58 bits per heavy atom. The standard InChI is InChI=1S/C10H18O2/c1-8(7-11)9-5-3-2-4-6-10(9)12/h9-12H,1-7H2/t9-,10-/m1/s1. The number of rotatable bonds is 2. The van der Waals surface area contributed by atoms with E-state index in [2.05, 4.69) is 6.58 Å². The molecule has 1 aliphatic carbocycles. The fourth-order valence-electron chi connectivity index (χ4n) is 1.88. The van der Waals surface area contributed by atoms with Gasteiger partial charge in [-0.25, -0.2) is 0 Å². The Kier molecular flexibility index (Phi) is 3.76. The van der Waals surface area contributed by atoms with Crippen molar-refractivity contribution in [1.29, 1.82) is 0 Å². The third-order valence-electron chi connectivity index (χ3n) is 2.71. The van der Waals surface area contributed by atoms with Crippen molar-refractivity contribution < 1.29 is 10.2 Å². The second kappa shape index (κ2) is 4.63. The normalized spacial score (nSPS) is 31.2. The molecule has 70 valence electrons. The van der Waals surface area contributed by atoms with Crippen molar-refractivity contribution in [2.24, 2.45) is 5.92 Å². The van der Waals surface area contributed by atoms with Crippen LogP contribution in [0.2, 0.25) is 0 Å². The Balaban J connectivity index is 2.52. The Morgan fingerprint density at radius 2 is 1.92 bits per heavy atom. The molecular formula is C10H18O2. The van der Waals surface area contributed by atoms with Gasteiger partial charge in [0.1, 0.15) is 0 Å². The highest BCUT2D eigenvalue weighted by molar-refractivity contribution is 5.03. The van der Waals surface area contributed by atoms with Gasteiger partial charge in [0.05, 0.1) is 12.7 Å². The zero-order valence-corrected chi connectivity index (χ0v) is 7.50. The van der Waals surface area contributed by atoms with Crippen LogP contribution in [0.3, 0.4) is 0 Å². The molecule has 1 saturated carbocycles. The quantitative estimate of drug-likeness (QED) is 0.487. The Bertz CT molecular complexity index is 154. The van der Waals surface area contributed by atoms with Crippen LogP contribution in [0.25, 0.3) is 0 Å². The zero-order chi connectivity index (χ0) is 8.97. The van der Waals surface area contributed by atoms with Crippen molar-refractivity contribution in [1.82, 2.24) is 0 Å². The molecular weight excluding hydrogens is 152 g/mol. The van der Waals surface area contributed by atoms with Gasteiger partial charge in [-0.2, -0.15) is 0 Å². The van der Waals surface area contributed by atoms with E-state index in [1.165, 1.54) is 6.42 Å². The van der Waals surface area contributed by atoms with E-state index in [0.717, 1.165) is 31.3 Å². The number of hydrogen-bond donors (Lipinski definition) is 2. The van der Waals surface area contributed by atoms with Crippen molar-refractivity contribution in [3.05, 3.63) is 12.2 Å². The monoisotopic (exact) mass is 170 g/mol. The van der Waals surface area contributed by atoms with Crippen LogP contribution in [0.15, 0.2) is 12.2 Å². The molecule has 2 nitrogen and oxygen atoms in total. The average molecular weight is 170 g/mol. The largest absolute Gasteiger partial charge is 0.393 e. The van der Waals surface area contributed by atoms with Crippen LogP contribution in [0.4, 0.5) is 0 Å². The van der Waals surface area contributed by atoms with Crippen molar-refractivity contribution in [3.63, 3.8) is 0 Å². The lowest BCUT2D eigenvalue weighted by Crippen LogP contribution is -2.21. The third kappa shape index (κ3) is 2.32. The van der Waals surface area contributed by atoms with E-state index in [1.807, 2.05) is 0 Å². The first-order valence-corrected chi connectivity index (χ1v) is 4.72. The van der Waals surface area contributed by atoms with Gasteiger partial charge in [-0.1, -0.05) is 25.8 Å². The lowest BCUT2D eigenvalue weighted by Gasteiger charge is -2.21. The molecule has 0 radical (unpaired) electrons. The molecule has 0 aromatic carbocycles. The molecule has 12 heavy (non-hydrogen) atoms. The molecule has 1 fully saturated rings. The van der Waals surface area contributed by atoms with E-state index in [1.54, 1.807) is 0 Å². The summed E-state index contributed by atoms with van der Waals surface area (Å²) in [6, 6.07) is 0. The van der Waals surface area contributed by atoms with Crippen LogP contribution in [0, 0.1) is 5.92 Å². The minimum Gasteiger partial charge on any atom is -0.393 e. The molecule has 0 aromatic heterocycles. The number of aliphatic hydroxyl groups excluding tert-OH is 2. The summed E-state index contributed by atoms with van der Waals surface area (Å²) in [7, 11) is 0. The molecule has 0 bridgehead atoms. The van der Waals surface area contributed by atoms with E-state index in [9.17, 15) is 5.11 Å². The first kappa shape index (κ1) is 9.75. The smallest absolute Gasteiger partial charge is 0.0642 e. The topological polar surface area (TPSA) is 40.5 Å². The second-order valence-electron chi connectivity index (χ2n) is 3.63. The summed E-state index contributed by atoms with van der Waals surface area (Å²) in [4.78, 5) is 0. The predicted molar refractivity (Wildman–Crippen MR) is 48.8 cm³/mol. The van der Waals surface area contributed by atoms with E-state index >= 15 is 0 Å². The maximum Gasteiger partial charge on any atom is 0.0642 e. The van der Waals surface area contributed by atoms with Gasteiger partial charge in [0.2, 0.25) is 0 Å². The maximum absolute atomic E-state index is 9.68. The van der Waals surface area contributed by atoms with Gasteiger partial charge in [0.25, 0.3) is 0 Å². The van der Waals surface area contributed by atoms with Crippen LogP contribution >= 0.6 is 0 Å². The Labute approximate surface area is 73.9 Å². The van der Waals surface area contributed by atoms with E-state index < -0.39 is 0 Å². The van der Waals surface area contributed by atoms with Crippen LogP contribution in [-0.2, 0) is 0 Å². The lowest BCUT2D eigenvalue weighted by atomic mass is 9.90. The summed E-state index contributed by atoms with van der Waals surface area (Å²) in [6.45, 7) is 3.79. The molecule has 0 aromatic rings. The molecule has 0 unspecified atom stereocenters. The SMILES string of the molecule is C=C(CO)[C@H]1CCCCC[C@H]1O. The van der Waals surface area contributed by atoms with Gasteiger partial charge in [-0.05, 0) is 18.4 Å². The number of aliphatic hydroxyl groups is 2. The number of hydrogen-bond acceptors (Lipinski definition) is 2. The van der Waals surface area contributed by atoms with Crippen molar-refractivity contribution in [3.8, 4) is 0 Å². The Hall–Kier alpha value is -0.340. The first-order chi connectivity index (χ1) is 5.75. The van der Waals surface area contributed by atoms with Gasteiger partial charge in [-0.15, -0.1) is 0 Å². The minimum absolute atomic E-state index is 0.0156. The van der Waals surface area contributed by atoms with Crippen LogP contribution in [0.1, 0.15) is 32.1 Å². The first-order valence-electron chi connectivity index (χ1n) is 4.72. The Morgan fingerprint density at radius 1 is 1.25 bits per heavy atom. The van der Waals surface area contributed by atoms with Gasteiger partial charge in [0, 0.05) is 5.92 Å². The van der Waals surface area contributed by atoms with Crippen LogP contribution in [-0.4, -0.2) is 22.9 Å². The molecule has 2 heteroatoms. The predicted octanol–water partition coefficient (Wildman–Crippen LogP) is 1.48. The van der Waals surface area contributed by atoms with Gasteiger partial charge >= 0.3 is 0 Å². The molecule has 2 atom stereocenters. The molecule has 0 aliphatic heterocycles. The molecule has 2 N–H and O–H groups in total. The summed E-state index contributed by atoms with van der Waals surface area (Å²) in [6.07, 6.45) is 5.04. The zero-order valence-electron chi connectivity index (χ0n) is 7.50. The molecule has 1 rings (SSSR count). The summed E-state index contributed by atoms with van der Waals surface area (Å²) >= 11 is 0. The van der Waals surface area contributed by atoms with E-state index in [4.69, 9.17) is 5.11 Å². The molecule has 0 saturated heterocycles. The fourth-order valence-corrected chi connectivity index (χ4v) is 1.88. The van der Waals surface area contributed by atoms with Crippen LogP contribution < -0.4 is 0 Å². The molecule has 1 aliphatic rings. The summed E-state index contributed by atoms with van der Waals surface area (Å²) in [5.74, 6) is 0.137. The van der Waals surface area contributed by atoms with E-state index in [0.29, 0.717) is 0 Å². The maximum atomic E-state index is 9.68. The highest BCUT2D eigenvalue weighted by Gasteiger charge is 2.23. The van der Waals surface area contributed by atoms with Crippen molar-refractivity contribution in [2.75, 3.05) is 6.61 Å². The minimum atomic E-state index is -0.271. The van der Waals surface area contributed by atoms with E-state index in [-0.39, 0.29) is 18.6 Å². The molecule has 0 spiro atoms. The highest BCUT2D eigenvalue weighted by atomic mass is 16.3. The fraction of sp³-hybridized carbons (Fsp3) is 0.800.